The van der Waals surface area contributed by atoms with Crippen molar-refractivity contribution in [2.45, 2.75) is 19.6 Å². The summed E-state index contributed by atoms with van der Waals surface area (Å²) in [5.74, 6) is 0. The second-order valence-electron chi connectivity index (χ2n) is 3.95. The van der Waals surface area contributed by atoms with E-state index in [9.17, 15) is 13.2 Å². The lowest BCUT2D eigenvalue weighted by Crippen LogP contribution is -2.34. The summed E-state index contributed by atoms with van der Waals surface area (Å²) in [4.78, 5) is 0. The standard InChI is InChI=1S/C14H13F3N/c1-2-18-10-4-3-5-13(18)11-6-8-12(9-7-11)14(15,16)17/h3-10H,2H2,1H3/q+1. The Hall–Kier alpha value is -1.84. The molecule has 0 saturated heterocycles. The molecule has 0 amide bonds. The predicted octanol–water partition coefficient (Wildman–Crippen LogP) is 3.68. The second-order valence-corrected chi connectivity index (χ2v) is 3.95. The molecule has 0 bridgehead atoms. The van der Waals surface area contributed by atoms with Crippen LogP contribution in [-0.2, 0) is 12.7 Å². The molecule has 0 saturated carbocycles. The van der Waals surface area contributed by atoms with E-state index < -0.39 is 11.7 Å². The summed E-state index contributed by atoms with van der Waals surface area (Å²) < 4.78 is 39.4. The highest BCUT2D eigenvalue weighted by atomic mass is 19.4. The number of hydrogen-bond donors (Lipinski definition) is 0. The molecule has 1 nitrogen and oxygen atoms in total. The van der Waals surface area contributed by atoms with Crippen LogP contribution in [0.15, 0.2) is 48.7 Å². The molecule has 1 aromatic carbocycles. The van der Waals surface area contributed by atoms with Crippen LogP contribution >= 0.6 is 0 Å². The Morgan fingerprint density at radius 2 is 1.67 bits per heavy atom. The molecule has 0 aliphatic rings. The summed E-state index contributed by atoms with van der Waals surface area (Å²) in [5.41, 5.74) is 1.07. The maximum absolute atomic E-state index is 12.5. The Labute approximate surface area is 104 Å². The molecule has 0 aliphatic carbocycles. The van der Waals surface area contributed by atoms with Crippen LogP contribution in [0.25, 0.3) is 11.3 Å². The molecule has 0 atom stereocenters. The lowest BCUT2D eigenvalue weighted by Gasteiger charge is -2.07. The van der Waals surface area contributed by atoms with Gasteiger partial charge >= 0.3 is 6.18 Å². The Bertz CT molecular complexity index is 529. The first-order chi connectivity index (χ1) is 8.52. The summed E-state index contributed by atoms with van der Waals surface area (Å²) in [7, 11) is 0. The maximum atomic E-state index is 12.5. The summed E-state index contributed by atoms with van der Waals surface area (Å²) in [6.45, 7) is 2.77. The molecule has 1 heterocycles. The van der Waals surface area contributed by atoms with E-state index in [2.05, 4.69) is 0 Å². The van der Waals surface area contributed by atoms with E-state index in [-0.39, 0.29) is 0 Å². The smallest absolute Gasteiger partial charge is 0.199 e. The lowest BCUT2D eigenvalue weighted by molar-refractivity contribution is -0.682. The molecular weight excluding hydrogens is 239 g/mol. The van der Waals surface area contributed by atoms with Gasteiger partial charge < -0.3 is 0 Å². The molecule has 0 fully saturated rings. The fraction of sp³-hybridized carbons (Fsp3) is 0.214. The first-order valence-electron chi connectivity index (χ1n) is 5.68. The third kappa shape index (κ3) is 2.53. The zero-order valence-electron chi connectivity index (χ0n) is 9.91. The van der Waals surface area contributed by atoms with Gasteiger partial charge in [-0.2, -0.15) is 17.7 Å². The van der Waals surface area contributed by atoms with Crippen LogP contribution in [-0.4, -0.2) is 0 Å². The highest BCUT2D eigenvalue weighted by Gasteiger charge is 2.30. The van der Waals surface area contributed by atoms with Gasteiger partial charge in [-0.25, -0.2) is 0 Å². The van der Waals surface area contributed by atoms with E-state index >= 15 is 0 Å². The van der Waals surface area contributed by atoms with Crippen LogP contribution in [0.2, 0.25) is 0 Å². The van der Waals surface area contributed by atoms with E-state index in [0.717, 1.165) is 29.9 Å². The zero-order valence-corrected chi connectivity index (χ0v) is 9.91. The summed E-state index contributed by atoms with van der Waals surface area (Å²) >= 11 is 0. The molecule has 0 spiro atoms. The number of benzene rings is 1. The van der Waals surface area contributed by atoms with E-state index in [1.54, 1.807) is 0 Å². The number of alkyl halides is 3. The van der Waals surface area contributed by atoms with Gasteiger partial charge in [0.05, 0.1) is 5.56 Å². The van der Waals surface area contributed by atoms with Gasteiger partial charge in [0.2, 0.25) is 5.69 Å². The Kier molecular flexibility index (Phi) is 3.36. The fourth-order valence-corrected chi connectivity index (χ4v) is 1.84. The topological polar surface area (TPSA) is 3.88 Å². The fourth-order valence-electron chi connectivity index (χ4n) is 1.84. The van der Waals surface area contributed by atoms with Crippen molar-refractivity contribution >= 4 is 0 Å². The molecule has 94 valence electrons. The normalized spacial score (nSPS) is 11.6. The van der Waals surface area contributed by atoms with Crippen molar-refractivity contribution in [3.8, 4) is 11.3 Å². The van der Waals surface area contributed by atoms with Crippen molar-refractivity contribution in [2.24, 2.45) is 0 Å². The minimum atomic E-state index is -4.28. The summed E-state index contributed by atoms with van der Waals surface area (Å²) in [6.07, 6.45) is -2.37. The summed E-state index contributed by atoms with van der Waals surface area (Å²) in [5, 5.41) is 0. The van der Waals surface area contributed by atoms with E-state index in [0.29, 0.717) is 0 Å². The molecule has 2 rings (SSSR count). The van der Waals surface area contributed by atoms with Gasteiger partial charge in [0.1, 0.15) is 6.54 Å². The summed E-state index contributed by atoms with van der Waals surface area (Å²) in [6, 6.07) is 10.9. The van der Waals surface area contributed by atoms with Crippen molar-refractivity contribution in [1.29, 1.82) is 0 Å². The van der Waals surface area contributed by atoms with E-state index in [1.165, 1.54) is 12.1 Å². The maximum Gasteiger partial charge on any atom is 0.416 e. The molecule has 0 N–H and O–H groups in total. The number of pyridine rings is 1. The third-order valence-electron chi connectivity index (χ3n) is 2.79. The van der Waals surface area contributed by atoms with Crippen LogP contribution in [0.5, 0.6) is 0 Å². The van der Waals surface area contributed by atoms with Crippen LogP contribution < -0.4 is 4.57 Å². The SMILES string of the molecule is CC[n+]1ccccc1-c1ccc(C(F)(F)F)cc1. The number of aryl methyl sites for hydroxylation is 1. The van der Waals surface area contributed by atoms with Crippen LogP contribution in [0.4, 0.5) is 13.2 Å². The highest BCUT2D eigenvalue weighted by molar-refractivity contribution is 5.56. The third-order valence-corrected chi connectivity index (χ3v) is 2.79. The van der Waals surface area contributed by atoms with Gasteiger partial charge in [-0.3, -0.25) is 0 Å². The van der Waals surface area contributed by atoms with Crippen molar-refractivity contribution in [1.82, 2.24) is 0 Å². The van der Waals surface area contributed by atoms with Crippen molar-refractivity contribution in [3.63, 3.8) is 0 Å². The Morgan fingerprint density at radius 3 is 2.22 bits per heavy atom. The van der Waals surface area contributed by atoms with Gasteiger partial charge in [0.25, 0.3) is 0 Å². The molecule has 0 radical (unpaired) electrons. The first-order valence-corrected chi connectivity index (χ1v) is 5.68. The van der Waals surface area contributed by atoms with Crippen molar-refractivity contribution in [2.75, 3.05) is 0 Å². The number of nitrogens with zero attached hydrogens (tertiary/aromatic N) is 1. The van der Waals surface area contributed by atoms with Crippen LogP contribution in [0.1, 0.15) is 12.5 Å². The highest BCUT2D eigenvalue weighted by Crippen LogP contribution is 2.30. The second kappa shape index (κ2) is 4.80. The largest absolute Gasteiger partial charge is 0.416 e. The molecule has 0 aliphatic heterocycles. The van der Waals surface area contributed by atoms with Crippen molar-refractivity contribution < 1.29 is 17.7 Å². The molecular formula is C14H13F3N+. The first kappa shape index (κ1) is 12.6. The number of rotatable bonds is 2. The van der Waals surface area contributed by atoms with Crippen LogP contribution in [0, 0.1) is 0 Å². The predicted molar refractivity (Wildman–Crippen MR) is 62.7 cm³/mol. The molecule has 2 aromatic rings. The minimum Gasteiger partial charge on any atom is -0.199 e. The van der Waals surface area contributed by atoms with Gasteiger partial charge in [-0.15, -0.1) is 0 Å². The van der Waals surface area contributed by atoms with Gasteiger partial charge in [0.15, 0.2) is 6.20 Å². The van der Waals surface area contributed by atoms with Gasteiger partial charge in [-0.1, -0.05) is 0 Å². The molecule has 0 unspecified atom stereocenters. The number of halogens is 3. The van der Waals surface area contributed by atoms with Gasteiger partial charge in [-0.05, 0) is 37.3 Å². The average Bonchev–Trinajstić information content (AvgIpc) is 2.38. The van der Waals surface area contributed by atoms with E-state index in [1.807, 2.05) is 35.9 Å². The van der Waals surface area contributed by atoms with Gasteiger partial charge in [0, 0.05) is 17.7 Å². The minimum absolute atomic E-state index is 0.620. The lowest BCUT2D eigenvalue weighted by atomic mass is 10.1. The molecule has 18 heavy (non-hydrogen) atoms. The molecule has 4 heteroatoms. The molecule has 1 aromatic heterocycles. The Morgan fingerprint density at radius 1 is 1.00 bits per heavy atom. The monoisotopic (exact) mass is 252 g/mol. The van der Waals surface area contributed by atoms with Crippen LogP contribution in [0.3, 0.4) is 0 Å². The van der Waals surface area contributed by atoms with E-state index in [4.69, 9.17) is 0 Å². The zero-order chi connectivity index (χ0) is 13.2. The Balaban J connectivity index is 2.41. The van der Waals surface area contributed by atoms with Crippen molar-refractivity contribution in [3.05, 3.63) is 54.2 Å². The average molecular weight is 252 g/mol. The quantitative estimate of drug-likeness (QED) is 0.718. The number of aromatic nitrogens is 1. The number of hydrogen-bond acceptors (Lipinski definition) is 0.